The molecule has 0 aliphatic carbocycles. The third kappa shape index (κ3) is 5.60. The highest BCUT2D eigenvalue weighted by Gasteiger charge is 2.41. The van der Waals surface area contributed by atoms with E-state index in [2.05, 4.69) is 4.98 Å². The molecule has 202 valence electrons. The molecular formula is C28H22Cl4N2O5. The van der Waals surface area contributed by atoms with Gasteiger partial charge in [0.25, 0.3) is 0 Å². The Hall–Kier alpha value is -2.81. The van der Waals surface area contributed by atoms with Gasteiger partial charge in [-0.15, -0.1) is 0 Å². The van der Waals surface area contributed by atoms with Gasteiger partial charge < -0.3 is 18.8 Å². The summed E-state index contributed by atoms with van der Waals surface area (Å²) in [5.74, 6) is -1.04. The third-order valence-corrected chi connectivity index (χ3v) is 8.27. The van der Waals surface area contributed by atoms with Crippen molar-refractivity contribution in [3.63, 3.8) is 0 Å². The molecule has 1 fully saturated rings. The largest absolute Gasteiger partial charge is 0.459 e. The summed E-state index contributed by atoms with van der Waals surface area (Å²) >= 11 is 25.4. The first-order valence-corrected chi connectivity index (χ1v) is 13.5. The van der Waals surface area contributed by atoms with Crippen molar-refractivity contribution in [2.75, 3.05) is 6.61 Å². The summed E-state index contributed by atoms with van der Waals surface area (Å²) in [7, 11) is 0. The molecule has 7 nitrogen and oxygen atoms in total. The summed E-state index contributed by atoms with van der Waals surface area (Å²) in [6.45, 7) is 3.70. The number of aryl methyl sites for hydroxylation is 2. The molecule has 5 rings (SSSR count). The Morgan fingerprint density at radius 2 is 1.44 bits per heavy atom. The number of carbonyl (C=O) groups is 2. The molecule has 0 unspecified atom stereocenters. The van der Waals surface area contributed by atoms with Crippen molar-refractivity contribution in [2.45, 2.75) is 38.7 Å². The lowest BCUT2D eigenvalue weighted by atomic mass is 10.1. The molecule has 1 aliphatic heterocycles. The number of hydrogen-bond donors (Lipinski definition) is 0. The third-order valence-electron chi connectivity index (χ3n) is 6.49. The van der Waals surface area contributed by atoms with Crippen molar-refractivity contribution in [3.8, 4) is 0 Å². The van der Waals surface area contributed by atoms with Crippen molar-refractivity contribution in [3.05, 3.63) is 97.2 Å². The van der Waals surface area contributed by atoms with Gasteiger partial charge in [0.1, 0.15) is 30.6 Å². The predicted octanol–water partition coefficient (Wildman–Crippen LogP) is 7.64. The molecule has 2 heterocycles. The summed E-state index contributed by atoms with van der Waals surface area (Å²) in [5, 5.41) is 0.495. The molecule has 0 radical (unpaired) electrons. The average molecular weight is 608 g/mol. The van der Waals surface area contributed by atoms with Crippen LogP contribution in [0.25, 0.3) is 11.0 Å². The molecule has 0 N–H and O–H groups in total. The standard InChI is InChI=1S/C28H22Cl4N2O5/c1-14-3-7-16(8-4-14)27(35)37-12-19-18(39-28(36)17-9-5-15(2)6-10-17)11-20(38-19)34-13-33-25-23(31)21(29)22(30)24(32)26(25)34/h3-10,13,18-20H,11-12H2,1-2H3/t18-,19+,20+/m0/s1. The lowest BCUT2D eigenvalue weighted by Crippen LogP contribution is -2.32. The van der Waals surface area contributed by atoms with Crippen molar-refractivity contribution in [2.24, 2.45) is 0 Å². The zero-order chi connectivity index (χ0) is 27.8. The highest BCUT2D eigenvalue weighted by Crippen LogP contribution is 2.44. The van der Waals surface area contributed by atoms with Gasteiger partial charge in [0.05, 0.1) is 43.1 Å². The highest BCUT2D eigenvalue weighted by molar-refractivity contribution is 6.55. The SMILES string of the molecule is Cc1ccc(C(=O)OC[C@H]2O[C@@H](n3cnc4c(Cl)c(Cl)c(Cl)c(Cl)c43)C[C@@H]2OC(=O)c2ccc(C)cc2)cc1. The zero-order valence-electron chi connectivity index (χ0n) is 20.8. The summed E-state index contributed by atoms with van der Waals surface area (Å²) in [6, 6.07) is 14.0. The number of benzene rings is 3. The van der Waals surface area contributed by atoms with Crippen molar-refractivity contribution in [1.29, 1.82) is 0 Å². The smallest absolute Gasteiger partial charge is 0.338 e. The van der Waals surface area contributed by atoms with E-state index in [0.29, 0.717) is 22.2 Å². The fourth-order valence-electron chi connectivity index (χ4n) is 4.33. The molecule has 0 saturated carbocycles. The van der Waals surface area contributed by atoms with Gasteiger partial charge in [0.15, 0.2) is 0 Å². The number of imidazole rings is 1. The Morgan fingerprint density at radius 3 is 2.05 bits per heavy atom. The molecule has 1 aromatic heterocycles. The monoisotopic (exact) mass is 606 g/mol. The van der Waals surface area contributed by atoms with Crippen LogP contribution < -0.4 is 0 Å². The normalized spacial score (nSPS) is 18.9. The minimum atomic E-state index is -0.770. The van der Waals surface area contributed by atoms with Gasteiger partial charge in [-0.1, -0.05) is 81.8 Å². The van der Waals surface area contributed by atoms with E-state index in [1.807, 2.05) is 38.1 Å². The van der Waals surface area contributed by atoms with Gasteiger partial charge in [0.2, 0.25) is 0 Å². The second kappa shape index (κ2) is 11.4. The van der Waals surface area contributed by atoms with Crippen molar-refractivity contribution < 1.29 is 23.8 Å². The summed E-state index contributed by atoms with van der Waals surface area (Å²) in [5.41, 5.74) is 3.59. The van der Waals surface area contributed by atoms with Gasteiger partial charge in [-0.25, -0.2) is 14.6 Å². The van der Waals surface area contributed by atoms with E-state index in [-0.39, 0.29) is 33.1 Å². The number of ether oxygens (including phenoxy) is 3. The predicted molar refractivity (Wildman–Crippen MR) is 150 cm³/mol. The van der Waals surface area contributed by atoms with E-state index in [1.165, 1.54) is 6.33 Å². The van der Waals surface area contributed by atoms with Gasteiger partial charge in [-0.05, 0) is 38.1 Å². The van der Waals surface area contributed by atoms with E-state index >= 15 is 0 Å². The lowest BCUT2D eigenvalue weighted by molar-refractivity contribution is -0.0562. The molecular weight excluding hydrogens is 586 g/mol. The number of fused-ring (bicyclic) bond motifs is 1. The van der Waals surface area contributed by atoms with Gasteiger partial charge in [0, 0.05) is 6.42 Å². The first-order valence-electron chi connectivity index (χ1n) is 12.0. The quantitative estimate of drug-likeness (QED) is 0.127. The summed E-state index contributed by atoms with van der Waals surface area (Å²) < 4.78 is 19.3. The molecule has 0 amide bonds. The number of aromatic nitrogens is 2. The van der Waals surface area contributed by atoms with Crippen LogP contribution in [-0.4, -0.2) is 40.3 Å². The second-order valence-electron chi connectivity index (χ2n) is 9.24. The Morgan fingerprint density at radius 1 is 0.872 bits per heavy atom. The minimum Gasteiger partial charge on any atom is -0.459 e. The number of carbonyl (C=O) groups excluding carboxylic acids is 2. The van der Waals surface area contributed by atoms with E-state index < -0.39 is 30.4 Å². The first kappa shape index (κ1) is 27.7. The van der Waals surface area contributed by atoms with Crippen molar-refractivity contribution in [1.82, 2.24) is 9.55 Å². The molecule has 3 atom stereocenters. The number of nitrogens with zero attached hydrogens (tertiary/aromatic N) is 2. The molecule has 1 saturated heterocycles. The van der Waals surface area contributed by atoms with Crippen LogP contribution in [0.3, 0.4) is 0 Å². The molecule has 39 heavy (non-hydrogen) atoms. The number of esters is 2. The minimum absolute atomic E-state index is 0.0847. The summed E-state index contributed by atoms with van der Waals surface area (Å²) in [4.78, 5) is 30.0. The topological polar surface area (TPSA) is 79.7 Å². The maximum absolute atomic E-state index is 13.0. The number of hydrogen-bond acceptors (Lipinski definition) is 6. The van der Waals surface area contributed by atoms with E-state index in [1.54, 1.807) is 28.8 Å². The van der Waals surface area contributed by atoms with E-state index in [0.717, 1.165) is 11.1 Å². The van der Waals surface area contributed by atoms with Crippen LogP contribution in [0, 0.1) is 13.8 Å². The van der Waals surface area contributed by atoms with Crippen LogP contribution in [0.2, 0.25) is 20.1 Å². The average Bonchev–Trinajstić information content (AvgIpc) is 3.54. The van der Waals surface area contributed by atoms with Crippen LogP contribution in [0.15, 0.2) is 54.9 Å². The lowest BCUT2D eigenvalue weighted by Gasteiger charge is -2.19. The van der Waals surface area contributed by atoms with E-state index in [4.69, 9.17) is 60.6 Å². The van der Waals surface area contributed by atoms with E-state index in [9.17, 15) is 9.59 Å². The first-order chi connectivity index (χ1) is 18.6. The fourth-order valence-corrected chi connectivity index (χ4v) is 5.31. The fraction of sp³-hybridized carbons (Fsp3) is 0.250. The number of rotatable bonds is 6. The van der Waals surface area contributed by atoms with Crippen molar-refractivity contribution >= 4 is 69.4 Å². The molecule has 4 aromatic rings. The highest BCUT2D eigenvalue weighted by atomic mass is 35.5. The molecule has 0 bridgehead atoms. The Labute approximate surface area is 244 Å². The maximum Gasteiger partial charge on any atom is 0.338 e. The Balaban J connectivity index is 1.41. The Kier molecular flexibility index (Phi) is 8.08. The van der Waals surface area contributed by atoms with Crippen LogP contribution in [0.5, 0.6) is 0 Å². The van der Waals surface area contributed by atoms with Crippen LogP contribution in [0.4, 0.5) is 0 Å². The van der Waals surface area contributed by atoms with Gasteiger partial charge in [-0.2, -0.15) is 0 Å². The molecule has 0 spiro atoms. The van der Waals surface area contributed by atoms with Crippen LogP contribution in [0.1, 0.15) is 44.5 Å². The van der Waals surface area contributed by atoms with Crippen LogP contribution >= 0.6 is 46.4 Å². The molecule has 11 heteroatoms. The van der Waals surface area contributed by atoms with Gasteiger partial charge in [-0.3, -0.25) is 0 Å². The molecule has 3 aromatic carbocycles. The maximum atomic E-state index is 13.0. The Bertz CT molecular complexity index is 1550. The van der Waals surface area contributed by atoms with Gasteiger partial charge >= 0.3 is 11.9 Å². The summed E-state index contributed by atoms with van der Waals surface area (Å²) in [6.07, 6.45) is -0.472. The second-order valence-corrected chi connectivity index (χ2v) is 10.8. The van der Waals surface area contributed by atoms with Crippen LogP contribution in [-0.2, 0) is 14.2 Å². The molecule has 1 aliphatic rings. The zero-order valence-corrected chi connectivity index (χ0v) is 23.8. The number of halogens is 4.